The molecule has 0 saturated heterocycles. The fourth-order valence-electron chi connectivity index (χ4n) is 1.92. The molecule has 0 heterocycles. The summed E-state index contributed by atoms with van der Waals surface area (Å²) in [6.07, 6.45) is 1.88. The largest absolute Gasteiger partial charge is 0.385 e. The highest BCUT2D eigenvalue weighted by Gasteiger charge is 2.06. The SMILES string of the molecule is CCCOCCCNC(=O)c1ccc(NCC)c(C)c1. The van der Waals surface area contributed by atoms with E-state index in [0.29, 0.717) is 18.7 Å². The summed E-state index contributed by atoms with van der Waals surface area (Å²) >= 11 is 0. The van der Waals surface area contributed by atoms with Crippen LogP contribution < -0.4 is 10.6 Å². The summed E-state index contributed by atoms with van der Waals surface area (Å²) in [5, 5.41) is 6.18. The third-order valence-electron chi connectivity index (χ3n) is 2.96. The molecule has 112 valence electrons. The highest BCUT2D eigenvalue weighted by molar-refractivity contribution is 5.94. The zero-order chi connectivity index (χ0) is 14.8. The molecule has 4 nitrogen and oxygen atoms in total. The van der Waals surface area contributed by atoms with Crippen molar-refractivity contribution in [3.8, 4) is 0 Å². The molecular formula is C16H26N2O2. The van der Waals surface area contributed by atoms with Crippen LogP contribution in [-0.4, -0.2) is 32.2 Å². The van der Waals surface area contributed by atoms with E-state index in [4.69, 9.17) is 4.74 Å². The first-order valence-electron chi connectivity index (χ1n) is 7.39. The number of ether oxygens (including phenoxy) is 1. The van der Waals surface area contributed by atoms with Gasteiger partial charge >= 0.3 is 0 Å². The quantitative estimate of drug-likeness (QED) is 0.683. The Hall–Kier alpha value is -1.55. The summed E-state index contributed by atoms with van der Waals surface area (Å²) in [5.41, 5.74) is 2.88. The highest BCUT2D eigenvalue weighted by atomic mass is 16.5. The maximum Gasteiger partial charge on any atom is 0.251 e. The van der Waals surface area contributed by atoms with Gasteiger partial charge in [-0.3, -0.25) is 4.79 Å². The van der Waals surface area contributed by atoms with Gasteiger partial charge < -0.3 is 15.4 Å². The zero-order valence-electron chi connectivity index (χ0n) is 12.8. The van der Waals surface area contributed by atoms with Gasteiger partial charge in [0.05, 0.1) is 0 Å². The number of aryl methyl sites for hydroxylation is 1. The molecular weight excluding hydrogens is 252 g/mol. The number of rotatable bonds is 9. The van der Waals surface area contributed by atoms with E-state index in [0.717, 1.165) is 37.2 Å². The fourth-order valence-corrected chi connectivity index (χ4v) is 1.92. The maximum atomic E-state index is 12.0. The van der Waals surface area contributed by atoms with Crippen molar-refractivity contribution < 1.29 is 9.53 Å². The minimum atomic E-state index is -0.0216. The predicted molar refractivity (Wildman–Crippen MR) is 83.4 cm³/mol. The van der Waals surface area contributed by atoms with Gasteiger partial charge in [-0.2, -0.15) is 0 Å². The molecule has 0 spiro atoms. The molecule has 20 heavy (non-hydrogen) atoms. The van der Waals surface area contributed by atoms with Gasteiger partial charge in [0.15, 0.2) is 0 Å². The second-order valence-corrected chi connectivity index (χ2v) is 4.78. The molecule has 0 unspecified atom stereocenters. The Morgan fingerprint density at radius 3 is 2.70 bits per heavy atom. The van der Waals surface area contributed by atoms with Gasteiger partial charge in [-0.05, 0) is 50.5 Å². The molecule has 1 aromatic carbocycles. The molecule has 0 aliphatic heterocycles. The first-order chi connectivity index (χ1) is 9.69. The van der Waals surface area contributed by atoms with Crippen LogP contribution >= 0.6 is 0 Å². The van der Waals surface area contributed by atoms with Crippen LogP contribution in [0.5, 0.6) is 0 Å². The zero-order valence-corrected chi connectivity index (χ0v) is 12.8. The number of hydrogen-bond donors (Lipinski definition) is 2. The van der Waals surface area contributed by atoms with Gasteiger partial charge in [-0.25, -0.2) is 0 Å². The van der Waals surface area contributed by atoms with Gasteiger partial charge in [0.2, 0.25) is 0 Å². The monoisotopic (exact) mass is 278 g/mol. The molecule has 0 fully saturated rings. The normalized spacial score (nSPS) is 10.3. The lowest BCUT2D eigenvalue weighted by molar-refractivity contribution is 0.0941. The van der Waals surface area contributed by atoms with Crippen LogP contribution in [-0.2, 0) is 4.74 Å². The van der Waals surface area contributed by atoms with Crippen molar-refractivity contribution in [1.82, 2.24) is 5.32 Å². The van der Waals surface area contributed by atoms with Crippen LogP contribution in [0.15, 0.2) is 18.2 Å². The summed E-state index contributed by atoms with van der Waals surface area (Å²) in [6.45, 7) is 9.17. The molecule has 2 N–H and O–H groups in total. The van der Waals surface area contributed by atoms with Gasteiger partial charge in [0.25, 0.3) is 5.91 Å². The summed E-state index contributed by atoms with van der Waals surface area (Å²) in [4.78, 5) is 12.0. The fraction of sp³-hybridized carbons (Fsp3) is 0.562. The number of amides is 1. The van der Waals surface area contributed by atoms with Crippen LogP contribution in [0.3, 0.4) is 0 Å². The third kappa shape index (κ3) is 5.61. The van der Waals surface area contributed by atoms with Crippen molar-refractivity contribution in [3.05, 3.63) is 29.3 Å². The van der Waals surface area contributed by atoms with Crippen LogP contribution in [0.4, 0.5) is 5.69 Å². The topological polar surface area (TPSA) is 50.4 Å². The number of hydrogen-bond acceptors (Lipinski definition) is 3. The van der Waals surface area contributed by atoms with Crippen LogP contribution in [0.25, 0.3) is 0 Å². The Morgan fingerprint density at radius 1 is 1.25 bits per heavy atom. The maximum absolute atomic E-state index is 12.0. The second-order valence-electron chi connectivity index (χ2n) is 4.78. The standard InChI is InChI=1S/C16H26N2O2/c1-4-10-20-11-6-9-18-16(19)14-7-8-15(17-5-2)13(3)12-14/h7-8,12,17H,4-6,9-11H2,1-3H3,(H,18,19). The lowest BCUT2D eigenvalue weighted by atomic mass is 10.1. The molecule has 0 radical (unpaired) electrons. The Balaban J connectivity index is 2.38. The molecule has 0 aliphatic carbocycles. The number of anilines is 1. The van der Waals surface area contributed by atoms with E-state index in [-0.39, 0.29) is 5.91 Å². The number of nitrogens with one attached hydrogen (secondary N) is 2. The van der Waals surface area contributed by atoms with Crippen molar-refractivity contribution in [3.63, 3.8) is 0 Å². The van der Waals surface area contributed by atoms with Gasteiger partial charge in [0.1, 0.15) is 0 Å². The van der Waals surface area contributed by atoms with E-state index in [2.05, 4.69) is 24.5 Å². The number of carbonyl (C=O) groups is 1. The first kappa shape index (κ1) is 16.5. The van der Waals surface area contributed by atoms with Gasteiger partial charge in [-0.15, -0.1) is 0 Å². The highest BCUT2D eigenvalue weighted by Crippen LogP contribution is 2.16. The molecule has 1 amide bonds. The molecule has 1 rings (SSSR count). The molecule has 0 aromatic heterocycles. The van der Waals surface area contributed by atoms with Gasteiger partial charge in [0, 0.05) is 37.6 Å². The van der Waals surface area contributed by atoms with E-state index in [1.165, 1.54) is 0 Å². The Kier molecular flexibility index (Phi) is 7.73. The third-order valence-corrected chi connectivity index (χ3v) is 2.96. The molecule has 4 heteroatoms. The van der Waals surface area contributed by atoms with Crippen molar-refractivity contribution in [2.24, 2.45) is 0 Å². The molecule has 0 aliphatic rings. The number of carbonyl (C=O) groups excluding carboxylic acids is 1. The summed E-state index contributed by atoms with van der Waals surface area (Å²) < 4.78 is 5.37. The minimum absolute atomic E-state index is 0.0216. The van der Waals surface area contributed by atoms with Crippen molar-refractivity contribution >= 4 is 11.6 Å². The van der Waals surface area contributed by atoms with Crippen LogP contribution in [0.2, 0.25) is 0 Å². The smallest absolute Gasteiger partial charge is 0.251 e. The van der Waals surface area contributed by atoms with Crippen molar-refractivity contribution in [1.29, 1.82) is 0 Å². The molecule has 0 bridgehead atoms. The van der Waals surface area contributed by atoms with E-state index >= 15 is 0 Å². The predicted octanol–water partition coefficient (Wildman–Crippen LogP) is 2.97. The average Bonchev–Trinajstić information content (AvgIpc) is 2.45. The van der Waals surface area contributed by atoms with Gasteiger partial charge in [-0.1, -0.05) is 6.92 Å². The summed E-state index contributed by atoms with van der Waals surface area (Å²) in [6, 6.07) is 5.73. The Bertz CT molecular complexity index is 419. The second kappa shape index (κ2) is 9.37. The molecule has 0 saturated carbocycles. The van der Waals surface area contributed by atoms with E-state index in [9.17, 15) is 4.79 Å². The van der Waals surface area contributed by atoms with Crippen LogP contribution in [0.1, 0.15) is 42.6 Å². The number of benzene rings is 1. The van der Waals surface area contributed by atoms with Crippen LogP contribution in [0, 0.1) is 6.92 Å². The average molecular weight is 278 g/mol. The molecule has 0 atom stereocenters. The van der Waals surface area contributed by atoms with E-state index in [1.54, 1.807) is 0 Å². The van der Waals surface area contributed by atoms with Crippen molar-refractivity contribution in [2.45, 2.75) is 33.6 Å². The Labute approximate surface area is 121 Å². The lowest BCUT2D eigenvalue weighted by Gasteiger charge is -2.10. The first-order valence-corrected chi connectivity index (χ1v) is 7.39. The van der Waals surface area contributed by atoms with E-state index < -0.39 is 0 Å². The summed E-state index contributed by atoms with van der Waals surface area (Å²) in [7, 11) is 0. The van der Waals surface area contributed by atoms with Crippen molar-refractivity contribution in [2.75, 3.05) is 31.6 Å². The van der Waals surface area contributed by atoms with E-state index in [1.807, 2.05) is 25.1 Å². The summed E-state index contributed by atoms with van der Waals surface area (Å²) in [5.74, 6) is -0.0216. The molecule has 1 aromatic rings. The Morgan fingerprint density at radius 2 is 2.05 bits per heavy atom. The lowest BCUT2D eigenvalue weighted by Crippen LogP contribution is -2.25. The minimum Gasteiger partial charge on any atom is -0.385 e.